The SMILES string of the molecule is O=C(O)[C@@H]1C[C@@H](CC=C2CCC2)CN1C(=O)O. The van der Waals surface area contributed by atoms with Crippen molar-refractivity contribution in [3.05, 3.63) is 11.6 Å². The largest absolute Gasteiger partial charge is 0.480 e. The van der Waals surface area contributed by atoms with Crippen molar-refractivity contribution in [2.45, 2.75) is 38.1 Å². The molecule has 1 saturated heterocycles. The molecule has 2 rings (SSSR count). The first-order valence-corrected chi connectivity index (χ1v) is 5.98. The van der Waals surface area contributed by atoms with E-state index in [0.717, 1.165) is 24.2 Å². The van der Waals surface area contributed by atoms with E-state index < -0.39 is 18.1 Å². The maximum absolute atomic E-state index is 10.9. The molecule has 1 aliphatic carbocycles. The maximum Gasteiger partial charge on any atom is 0.408 e. The molecule has 0 bridgehead atoms. The van der Waals surface area contributed by atoms with Gasteiger partial charge in [-0.05, 0) is 38.0 Å². The Morgan fingerprint density at radius 1 is 1.35 bits per heavy atom. The number of carboxylic acids is 1. The van der Waals surface area contributed by atoms with Gasteiger partial charge in [-0.2, -0.15) is 0 Å². The average Bonchev–Trinajstić information content (AvgIpc) is 2.59. The van der Waals surface area contributed by atoms with Gasteiger partial charge in [-0.15, -0.1) is 0 Å². The van der Waals surface area contributed by atoms with E-state index in [1.807, 2.05) is 0 Å². The zero-order chi connectivity index (χ0) is 12.4. The number of hydrogen-bond donors (Lipinski definition) is 2. The van der Waals surface area contributed by atoms with Crippen molar-refractivity contribution in [2.75, 3.05) is 6.54 Å². The molecule has 0 radical (unpaired) electrons. The van der Waals surface area contributed by atoms with Crippen molar-refractivity contribution >= 4 is 12.1 Å². The highest BCUT2D eigenvalue weighted by molar-refractivity contribution is 5.80. The topological polar surface area (TPSA) is 77.8 Å². The summed E-state index contributed by atoms with van der Waals surface area (Å²) >= 11 is 0. The van der Waals surface area contributed by atoms with Gasteiger partial charge in [0, 0.05) is 6.54 Å². The Kier molecular flexibility index (Phi) is 3.36. The Bertz CT molecular complexity index is 336. The van der Waals surface area contributed by atoms with Crippen LogP contribution in [0.2, 0.25) is 0 Å². The Balaban J connectivity index is 1.93. The summed E-state index contributed by atoms with van der Waals surface area (Å²) in [7, 11) is 0. The van der Waals surface area contributed by atoms with Gasteiger partial charge in [-0.3, -0.25) is 4.90 Å². The van der Waals surface area contributed by atoms with E-state index in [2.05, 4.69) is 6.08 Å². The van der Waals surface area contributed by atoms with E-state index in [9.17, 15) is 9.59 Å². The molecule has 17 heavy (non-hydrogen) atoms. The number of likely N-dealkylation sites (tertiary alicyclic amines) is 1. The molecule has 0 aromatic heterocycles. The van der Waals surface area contributed by atoms with Crippen molar-refractivity contribution in [3.63, 3.8) is 0 Å². The second-order valence-corrected chi connectivity index (χ2v) is 4.84. The van der Waals surface area contributed by atoms with Crippen LogP contribution in [-0.2, 0) is 4.79 Å². The summed E-state index contributed by atoms with van der Waals surface area (Å²) in [5, 5.41) is 17.9. The molecule has 94 valence electrons. The van der Waals surface area contributed by atoms with Crippen LogP contribution in [0.5, 0.6) is 0 Å². The summed E-state index contributed by atoms with van der Waals surface area (Å²) in [5.74, 6) is -0.883. The molecule has 1 amide bonds. The maximum atomic E-state index is 10.9. The van der Waals surface area contributed by atoms with Crippen LogP contribution in [0.25, 0.3) is 0 Å². The molecule has 0 unspecified atom stereocenters. The van der Waals surface area contributed by atoms with Crippen molar-refractivity contribution < 1.29 is 19.8 Å². The fourth-order valence-corrected chi connectivity index (χ4v) is 2.46. The van der Waals surface area contributed by atoms with E-state index >= 15 is 0 Å². The van der Waals surface area contributed by atoms with E-state index in [-0.39, 0.29) is 5.92 Å². The molecule has 1 saturated carbocycles. The van der Waals surface area contributed by atoms with Gasteiger partial charge in [0.05, 0.1) is 0 Å². The zero-order valence-corrected chi connectivity index (χ0v) is 9.63. The first-order valence-electron chi connectivity index (χ1n) is 5.98. The normalized spacial score (nSPS) is 27.8. The van der Waals surface area contributed by atoms with Crippen molar-refractivity contribution in [1.29, 1.82) is 0 Å². The summed E-state index contributed by atoms with van der Waals surface area (Å²) in [4.78, 5) is 22.9. The third kappa shape index (κ3) is 2.60. The van der Waals surface area contributed by atoms with Crippen LogP contribution in [0.1, 0.15) is 32.1 Å². The predicted octanol–water partition coefficient (Wildman–Crippen LogP) is 1.94. The molecule has 0 aromatic carbocycles. The van der Waals surface area contributed by atoms with Crippen molar-refractivity contribution in [3.8, 4) is 0 Å². The number of carboxylic acid groups (broad SMARTS) is 2. The summed E-state index contributed by atoms with van der Waals surface area (Å²) in [6.07, 6.45) is 5.83. The van der Waals surface area contributed by atoms with Gasteiger partial charge in [-0.1, -0.05) is 11.6 Å². The number of rotatable bonds is 3. The number of aliphatic carboxylic acids is 1. The van der Waals surface area contributed by atoms with Gasteiger partial charge in [0.2, 0.25) is 0 Å². The predicted molar refractivity (Wildman–Crippen MR) is 60.8 cm³/mol. The van der Waals surface area contributed by atoms with Gasteiger partial charge in [0.1, 0.15) is 6.04 Å². The summed E-state index contributed by atoms with van der Waals surface area (Å²) in [6.45, 7) is 0.343. The van der Waals surface area contributed by atoms with Gasteiger partial charge in [-0.25, -0.2) is 9.59 Å². The van der Waals surface area contributed by atoms with Gasteiger partial charge < -0.3 is 10.2 Å². The molecule has 2 aliphatic rings. The molecule has 2 fully saturated rings. The van der Waals surface area contributed by atoms with Crippen molar-refractivity contribution in [2.24, 2.45) is 5.92 Å². The average molecular weight is 239 g/mol. The third-order valence-electron chi connectivity index (χ3n) is 3.65. The molecule has 2 N–H and O–H groups in total. The molecular weight excluding hydrogens is 222 g/mol. The molecule has 0 spiro atoms. The third-order valence-corrected chi connectivity index (χ3v) is 3.65. The van der Waals surface area contributed by atoms with Gasteiger partial charge >= 0.3 is 12.1 Å². The molecule has 5 nitrogen and oxygen atoms in total. The number of carbonyl (C=O) groups is 2. The highest BCUT2D eigenvalue weighted by atomic mass is 16.4. The number of amides is 1. The lowest BCUT2D eigenvalue weighted by atomic mass is 9.89. The van der Waals surface area contributed by atoms with Crippen LogP contribution in [0.15, 0.2) is 11.6 Å². The van der Waals surface area contributed by atoms with Crippen LogP contribution in [0.4, 0.5) is 4.79 Å². The minimum atomic E-state index is -1.13. The fraction of sp³-hybridized carbons (Fsp3) is 0.667. The van der Waals surface area contributed by atoms with E-state index in [4.69, 9.17) is 10.2 Å². The Morgan fingerprint density at radius 3 is 2.47 bits per heavy atom. The molecule has 1 aliphatic heterocycles. The second-order valence-electron chi connectivity index (χ2n) is 4.84. The summed E-state index contributed by atoms with van der Waals surface area (Å²) in [5.41, 5.74) is 1.44. The van der Waals surface area contributed by atoms with Crippen LogP contribution in [0.3, 0.4) is 0 Å². The zero-order valence-electron chi connectivity index (χ0n) is 9.63. The Labute approximate surface area is 99.7 Å². The lowest BCUT2D eigenvalue weighted by molar-refractivity contribution is -0.141. The van der Waals surface area contributed by atoms with E-state index in [0.29, 0.717) is 13.0 Å². The fourth-order valence-electron chi connectivity index (χ4n) is 2.46. The highest BCUT2D eigenvalue weighted by Crippen LogP contribution is 2.30. The van der Waals surface area contributed by atoms with E-state index in [1.54, 1.807) is 0 Å². The van der Waals surface area contributed by atoms with Crippen LogP contribution in [0, 0.1) is 5.92 Å². The molecule has 0 aromatic rings. The van der Waals surface area contributed by atoms with Crippen LogP contribution < -0.4 is 0 Å². The Morgan fingerprint density at radius 2 is 2.06 bits per heavy atom. The number of hydrogen-bond acceptors (Lipinski definition) is 2. The number of allylic oxidation sites excluding steroid dienone is 2. The monoisotopic (exact) mass is 239 g/mol. The minimum Gasteiger partial charge on any atom is -0.480 e. The molecule has 2 atom stereocenters. The highest BCUT2D eigenvalue weighted by Gasteiger charge is 2.39. The quantitative estimate of drug-likeness (QED) is 0.738. The lowest BCUT2D eigenvalue weighted by Crippen LogP contribution is -2.39. The van der Waals surface area contributed by atoms with Crippen LogP contribution >= 0.6 is 0 Å². The second kappa shape index (κ2) is 4.77. The van der Waals surface area contributed by atoms with Crippen LogP contribution in [-0.4, -0.2) is 39.8 Å². The summed E-state index contributed by atoms with van der Waals surface area (Å²) in [6, 6.07) is -0.864. The number of nitrogens with zero attached hydrogens (tertiary/aromatic N) is 1. The molecule has 1 heterocycles. The molecule has 5 heteroatoms. The Hall–Kier alpha value is -1.52. The first kappa shape index (κ1) is 12.0. The first-order chi connectivity index (χ1) is 8.08. The van der Waals surface area contributed by atoms with E-state index in [1.165, 1.54) is 12.0 Å². The standard InChI is InChI=1S/C12H17NO4/c14-11(15)10-6-9(7-13(10)12(16)17)5-4-8-2-1-3-8/h4,9-10H,1-3,5-7H2,(H,14,15)(H,16,17)/t9-,10+/m1/s1. The van der Waals surface area contributed by atoms with Gasteiger partial charge in [0.15, 0.2) is 0 Å². The lowest BCUT2D eigenvalue weighted by Gasteiger charge is -2.17. The van der Waals surface area contributed by atoms with Gasteiger partial charge in [0.25, 0.3) is 0 Å². The smallest absolute Gasteiger partial charge is 0.408 e. The minimum absolute atomic E-state index is 0.153. The summed E-state index contributed by atoms with van der Waals surface area (Å²) < 4.78 is 0. The van der Waals surface area contributed by atoms with Crippen molar-refractivity contribution in [1.82, 2.24) is 4.90 Å². The molecular formula is C12H17NO4.